The first-order valence-corrected chi connectivity index (χ1v) is 6.90. The summed E-state index contributed by atoms with van der Waals surface area (Å²) in [6, 6.07) is 7.52. The van der Waals surface area contributed by atoms with Crippen molar-refractivity contribution in [2.75, 3.05) is 0 Å². The predicted octanol–water partition coefficient (Wildman–Crippen LogP) is 3.93. The van der Waals surface area contributed by atoms with E-state index in [1.54, 1.807) is 4.68 Å². The van der Waals surface area contributed by atoms with Crippen LogP contribution in [0.15, 0.2) is 24.3 Å². The number of nitrogens with zero attached hydrogens (tertiary/aromatic N) is 2. The zero-order chi connectivity index (χ0) is 13.4. The van der Waals surface area contributed by atoms with Gasteiger partial charge < -0.3 is 0 Å². The van der Waals surface area contributed by atoms with Crippen LogP contribution in [0.1, 0.15) is 40.4 Å². The van der Waals surface area contributed by atoms with E-state index in [0.29, 0.717) is 28.2 Å². The van der Waals surface area contributed by atoms with Crippen LogP contribution in [0.3, 0.4) is 0 Å². The first kappa shape index (κ1) is 12.7. The van der Waals surface area contributed by atoms with Gasteiger partial charge in [-0.3, -0.25) is 4.79 Å². The zero-order valence-electron chi connectivity index (χ0n) is 10.1. The summed E-state index contributed by atoms with van der Waals surface area (Å²) >= 11 is 12.1. The summed E-state index contributed by atoms with van der Waals surface area (Å²) in [5.41, 5.74) is 2.43. The molecule has 2 aromatic rings. The number of hydrogen-bond acceptors (Lipinski definition) is 2. The third-order valence-corrected chi connectivity index (χ3v) is 3.93. The van der Waals surface area contributed by atoms with Crippen LogP contribution in [0.2, 0.25) is 10.2 Å². The number of aldehydes is 1. The summed E-state index contributed by atoms with van der Waals surface area (Å²) in [5.74, 6) is 0.407. The Morgan fingerprint density at radius 1 is 1.26 bits per heavy atom. The summed E-state index contributed by atoms with van der Waals surface area (Å²) in [4.78, 5) is 11.1. The Bertz CT molecular complexity index is 615. The molecular weight excluding hydrogens is 283 g/mol. The van der Waals surface area contributed by atoms with Crippen LogP contribution in [0, 0.1) is 0 Å². The van der Waals surface area contributed by atoms with Gasteiger partial charge in [-0.1, -0.05) is 35.3 Å². The normalized spacial score (nSPS) is 14.6. The smallest absolute Gasteiger partial charge is 0.155 e. The molecule has 0 spiro atoms. The molecule has 1 saturated carbocycles. The average Bonchev–Trinajstić information content (AvgIpc) is 3.19. The van der Waals surface area contributed by atoms with Gasteiger partial charge in [0.25, 0.3) is 0 Å². The van der Waals surface area contributed by atoms with Gasteiger partial charge in [0.1, 0.15) is 5.15 Å². The highest BCUT2D eigenvalue weighted by Crippen LogP contribution is 2.42. The maximum absolute atomic E-state index is 11.1. The van der Waals surface area contributed by atoms with E-state index >= 15 is 0 Å². The second kappa shape index (κ2) is 4.99. The van der Waals surface area contributed by atoms with Crippen molar-refractivity contribution < 1.29 is 4.79 Å². The van der Waals surface area contributed by atoms with Gasteiger partial charge in [0.05, 0.1) is 17.8 Å². The lowest BCUT2D eigenvalue weighted by molar-refractivity contribution is 0.112. The van der Waals surface area contributed by atoms with Gasteiger partial charge in [0.15, 0.2) is 6.29 Å². The Morgan fingerprint density at radius 2 is 1.95 bits per heavy atom. The SMILES string of the molecule is O=Cc1c(C2CC2)nn(Cc2ccc(Cl)cc2)c1Cl. The fraction of sp³-hybridized carbons (Fsp3) is 0.286. The first-order chi connectivity index (χ1) is 9.19. The van der Waals surface area contributed by atoms with E-state index in [1.807, 2.05) is 24.3 Å². The lowest BCUT2D eigenvalue weighted by atomic mass is 10.2. The number of aromatic nitrogens is 2. The fourth-order valence-electron chi connectivity index (χ4n) is 2.11. The monoisotopic (exact) mass is 294 g/mol. The van der Waals surface area contributed by atoms with Crippen LogP contribution in [-0.2, 0) is 6.54 Å². The van der Waals surface area contributed by atoms with Gasteiger partial charge in [-0.15, -0.1) is 0 Å². The van der Waals surface area contributed by atoms with Crippen LogP contribution >= 0.6 is 23.2 Å². The molecular formula is C14H12Cl2N2O. The third-order valence-electron chi connectivity index (χ3n) is 3.28. The van der Waals surface area contributed by atoms with Crippen molar-refractivity contribution in [1.82, 2.24) is 9.78 Å². The molecule has 1 aromatic heterocycles. The van der Waals surface area contributed by atoms with E-state index in [4.69, 9.17) is 23.2 Å². The van der Waals surface area contributed by atoms with Crippen molar-refractivity contribution in [2.24, 2.45) is 0 Å². The molecule has 3 nitrogen and oxygen atoms in total. The number of halogens is 2. The molecule has 0 N–H and O–H groups in total. The molecule has 0 amide bonds. The second-order valence-electron chi connectivity index (χ2n) is 4.77. The lowest BCUT2D eigenvalue weighted by Gasteiger charge is -2.03. The maximum Gasteiger partial charge on any atom is 0.155 e. The van der Waals surface area contributed by atoms with Gasteiger partial charge in [-0.2, -0.15) is 5.10 Å². The van der Waals surface area contributed by atoms with Gasteiger partial charge in [-0.05, 0) is 30.5 Å². The highest BCUT2D eigenvalue weighted by Gasteiger charge is 2.31. The molecule has 98 valence electrons. The molecule has 0 radical (unpaired) electrons. The van der Waals surface area contributed by atoms with Crippen LogP contribution < -0.4 is 0 Å². The van der Waals surface area contributed by atoms with Crippen LogP contribution in [0.25, 0.3) is 0 Å². The minimum Gasteiger partial charge on any atom is -0.298 e. The molecule has 5 heteroatoms. The molecule has 19 heavy (non-hydrogen) atoms. The molecule has 0 unspecified atom stereocenters. The second-order valence-corrected chi connectivity index (χ2v) is 5.56. The van der Waals surface area contributed by atoms with Gasteiger partial charge in [0.2, 0.25) is 0 Å². The Labute approximate surface area is 121 Å². The van der Waals surface area contributed by atoms with Crippen LogP contribution in [-0.4, -0.2) is 16.1 Å². The minimum atomic E-state index is 0.407. The van der Waals surface area contributed by atoms with Crippen molar-refractivity contribution in [3.8, 4) is 0 Å². The largest absolute Gasteiger partial charge is 0.298 e. The van der Waals surface area contributed by atoms with Crippen molar-refractivity contribution in [1.29, 1.82) is 0 Å². The number of carbonyl (C=O) groups excluding carboxylic acids is 1. The Kier molecular flexibility index (Phi) is 3.33. The molecule has 0 saturated heterocycles. The number of hydrogen-bond donors (Lipinski definition) is 0. The quantitative estimate of drug-likeness (QED) is 0.801. The van der Waals surface area contributed by atoms with E-state index in [2.05, 4.69) is 5.10 Å². The zero-order valence-corrected chi connectivity index (χ0v) is 11.7. The predicted molar refractivity (Wildman–Crippen MR) is 75.2 cm³/mol. The molecule has 1 heterocycles. The van der Waals surface area contributed by atoms with Crippen molar-refractivity contribution in [3.05, 3.63) is 51.3 Å². The Hall–Kier alpha value is -1.32. The Morgan fingerprint density at radius 3 is 2.53 bits per heavy atom. The summed E-state index contributed by atoms with van der Waals surface area (Å²) in [6.45, 7) is 0.545. The molecule has 1 aliphatic rings. The van der Waals surface area contributed by atoms with Crippen LogP contribution in [0.4, 0.5) is 0 Å². The van der Waals surface area contributed by atoms with E-state index in [0.717, 1.165) is 30.4 Å². The standard InChI is InChI=1S/C14H12Cl2N2O/c15-11-5-1-9(2-6-11)7-18-14(16)12(8-19)13(17-18)10-3-4-10/h1-2,5-6,8,10H,3-4,7H2. The summed E-state index contributed by atoms with van der Waals surface area (Å²) in [5, 5.41) is 5.60. The molecule has 0 atom stereocenters. The summed E-state index contributed by atoms with van der Waals surface area (Å²) < 4.78 is 1.68. The lowest BCUT2D eigenvalue weighted by Crippen LogP contribution is -2.02. The summed E-state index contributed by atoms with van der Waals surface area (Å²) in [7, 11) is 0. The summed E-state index contributed by atoms with van der Waals surface area (Å²) in [6.07, 6.45) is 2.99. The molecule has 0 bridgehead atoms. The fourth-order valence-corrected chi connectivity index (χ4v) is 2.47. The number of carbonyl (C=O) groups is 1. The average molecular weight is 295 g/mol. The highest BCUT2D eigenvalue weighted by atomic mass is 35.5. The molecule has 1 fully saturated rings. The first-order valence-electron chi connectivity index (χ1n) is 6.15. The minimum absolute atomic E-state index is 0.407. The molecule has 1 aliphatic carbocycles. The van der Waals surface area contributed by atoms with Crippen molar-refractivity contribution in [3.63, 3.8) is 0 Å². The van der Waals surface area contributed by atoms with Gasteiger partial charge >= 0.3 is 0 Å². The van der Waals surface area contributed by atoms with Crippen LogP contribution in [0.5, 0.6) is 0 Å². The molecule has 0 aliphatic heterocycles. The maximum atomic E-state index is 11.1. The highest BCUT2D eigenvalue weighted by molar-refractivity contribution is 6.32. The van der Waals surface area contributed by atoms with Gasteiger partial charge in [-0.25, -0.2) is 4.68 Å². The van der Waals surface area contributed by atoms with Gasteiger partial charge in [0, 0.05) is 10.9 Å². The van der Waals surface area contributed by atoms with E-state index < -0.39 is 0 Å². The topological polar surface area (TPSA) is 34.9 Å². The van der Waals surface area contributed by atoms with E-state index in [1.165, 1.54) is 0 Å². The molecule has 1 aromatic carbocycles. The third kappa shape index (κ3) is 2.53. The number of rotatable bonds is 4. The Balaban J connectivity index is 1.92. The number of benzene rings is 1. The van der Waals surface area contributed by atoms with E-state index in [9.17, 15) is 4.79 Å². The van der Waals surface area contributed by atoms with E-state index in [-0.39, 0.29) is 0 Å². The van der Waals surface area contributed by atoms with Crippen molar-refractivity contribution in [2.45, 2.75) is 25.3 Å². The molecule has 3 rings (SSSR count). The van der Waals surface area contributed by atoms with Crippen molar-refractivity contribution >= 4 is 29.5 Å².